The van der Waals surface area contributed by atoms with E-state index in [1.807, 2.05) is 0 Å². The Morgan fingerprint density at radius 2 is 2.00 bits per heavy atom. The predicted octanol–water partition coefficient (Wildman–Crippen LogP) is 4.62. The molecule has 1 aromatic heterocycles. The maximum Gasteiger partial charge on any atom is 0.169 e. The summed E-state index contributed by atoms with van der Waals surface area (Å²) in [5.74, 6) is -0.598. The molecule has 88 valence electrons. The van der Waals surface area contributed by atoms with Crippen LogP contribution in [0.5, 0.6) is 0 Å². The molecule has 1 aromatic carbocycles. The molecule has 5 heteroatoms. The standard InChI is InChI=1S/C12H7Cl2FOS/c13-10-5-7(15)1-3-9(10)11(16)6-8-2-4-12(14)17-8/h1-5H,6H2. The zero-order valence-corrected chi connectivity index (χ0v) is 10.9. The summed E-state index contributed by atoms with van der Waals surface area (Å²) in [5.41, 5.74) is 0.331. The Kier molecular flexibility index (Phi) is 3.82. The second-order valence-electron chi connectivity index (χ2n) is 3.43. The van der Waals surface area contributed by atoms with E-state index in [9.17, 15) is 9.18 Å². The fraction of sp³-hybridized carbons (Fsp3) is 0.0833. The van der Waals surface area contributed by atoms with E-state index in [1.165, 1.54) is 23.5 Å². The Morgan fingerprint density at radius 3 is 2.59 bits per heavy atom. The van der Waals surface area contributed by atoms with E-state index in [-0.39, 0.29) is 17.2 Å². The van der Waals surface area contributed by atoms with Crippen molar-refractivity contribution in [3.63, 3.8) is 0 Å². The van der Waals surface area contributed by atoms with Gasteiger partial charge in [-0.15, -0.1) is 11.3 Å². The van der Waals surface area contributed by atoms with E-state index >= 15 is 0 Å². The van der Waals surface area contributed by atoms with Crippen LogP contribution in [0, 0.1) is 5.82 Å². The summed E-state index contributed by atoms with van der Waals surface area (Å²) in [6.07, 6.45) is 0.225. The van der Waals surface area contributed by atoms with Crippen molar-refractivity contribution >= 4 is 40.3 Å². The summed E-state index contributed by atoms with van der Waals surface area (Å²) < 4.78 is 13.5. The van der Waals surface area contributed by atoms with Gasteiger partial charge in [0.2, 0.25) is 0 Å². The molecular weight excluding hydrogens is 282 g/mol. The van der Waals surface area contributed by atoms with Crippen molar-refractivity contribution in [2.75, 3.05) is 0 Å². The van der Waals surface area contributed by atoms with Crippen LogP contribution in [-0.2, 0) is 6.42 Å². The molecule has 2 rings (SSSR count). The first kappa shape index (κ1) is 12.6. The van der Waals surface area contributed by atoms with Crippen LogP contribution in [-0.4, -0.2) is 5.78 Å². The first-order chi connectivity index (χ1) is 8.06. The topological polar surface area (TPSA) is 17.1 Å². The van der Waals surface area contributed by atoms with Gasteiger partial charge >= 0.3 is 0 Å². The van der Waals surface area contributed by atoms with Gasteiger partial charge in [-0.25, -0.2) is 4.39 Å². The highest BCUT2D eigenvalue weighted by Crippen LogP contribution is 2.24. The molecule has 0 amide bonds. The van der Waals surface area contributed by atoms with E-state index < -0.39 is 5.82 Å². The van der Waals surface area contributed by atoms with Crippen LogP contribution in [0.4, 0.5) is 4.39 Å². The van der Waals surface area contributed by atoms with Gasteiger partial charge in [0, 0.05) is 16.9 Å². The summed E-state index contributed by atoms with van der Waals surface area (Å²) in [6.45, 7) is 0. The number of hydrogen-bond acceptors (Lipinski definition) is 2. The normalized spacial score (nSPS) is 10.5. The molecule has 0 aliphatic heterocycles. The monoisotopic (exact) mass is 288 g/mol. The van der Waals surface area contributed by atoms with Crippen molar-refractivity contribution in [1.29, 1.82) is 0 Å². The molecule has 0 unspecified atom stereocenters. The fourth-order valence-electron chi connectivity index (χ4n) is 1.42. The lowest BCUT2D eigenvalue weighted by atomic mass is 10.1. The molecule has 0 atom stereocenters. The van der Waals surface area contributed by atoms with Gasteiger partial charge in [0.15, 0.2) is 5.78 Å². The van der Waals surface area contributed by atoms with Gasteiger partial charge in [-0.2, -0.15) is 0 Å². The van der Waals surface area contributed by atoms with Crippen molar-refractivity contribution in [3.05, 3.63) is 55.9 Å². The van der Waals surface area contributed by atoms with E-state index in [2.05, 4.69) is 0 Å². The zero-order valence-electron chi connectivity index (χ0n) is 8.54. The van der Waals surface area contributed by atoms with Crippen LogP contribution in [0.1, 0.15) is 15.2 Å². The second-order valence-corrected chi connectivity index (χ2v) is 5.64. The molecule has 0 saturated heterocycles. The minimum Gasteiger partial charge on any atom is -0.294 e. The number of thiophene rings is 1. The second kappa shape index (κ2) is 5.17. The number of hydrogen-bond donors (Lipinski definition) is 0. The molecule has 1 nitrogen and oxygen atoms in total. The van der Waals surface area contributed by atoms with Gasteiger partial charge in [-0.1, -0.05) is 23.2 Å². The van der Waals surface area contributed by atoms with Crippen LogP contribution in [0.2, 0.25) is 9.36 Å². The summed E-state index contributed by atoms with van der Waals surface area (Å²) in [6, 6.07) is 7.29. The van der Waals surface area contributed by atoms with Gasteiger partial charge in [0.25, 0.3) is 0 Å². The Morgan fingerprint density at radius 1 is 1.24 bits per heavy atom. The summed E-state index contributed by atoms with van der Waals surface area (Å²) in [5, 5.41) is 0.137. The first-order valence-corrected chi connectivity index (χ1v) is 6.36. The highest BCUT2D eigenvalue weighted by atomic mass is 35.5. The van der Waals surface area contributed by atoms with Crippen molar-refractivity contribution in [1.82, 2.24) is 0 Å². The lowest BCUT2D eigenvalue weighted by molar-refractivity contribution is 0.0994. The average molecular weight is 289 g/mol. The SMILES string of the molecule is O=C(Cc1ccc(Cl)s1)c1ccc(F)cc1Cl. The van der Waals surface area contributed by atoms with Crippen molar-refractivity contribution in [2.45, 2.75) is 6.42 Å². The third-order valence-corrected chi connectivity index (χ3v) is 3.74. The van der Waals surface area contributed by atoms with E-state index in [0.29, 0.717) is 9.90 Å². The van der Waals surface area contributed by atoms with Gasteiger partial charge < -0.3 is 0 Å². The number of carbonyl (C=O) groups is 1. The van der Waals surface area contributed by atoms with E-state index in [1.54, 1.807) is 12.1 Å². The third kappa shape index (κ3) is 3.06. The van der Waals surface area contributed by atoms with E-state index in [4.69, 9.17) is 23.2 Å². The Balaban J connectivity index is 2.20. The third-order valence-electron chi connectivity index (χ3n) is 2.20. The molecule has 0 N–H and O–H groups in total. The van der Waals surface area contributed by atoms with Crippen LogP contribution in [0.3, 0.4) is 0 Å². The molecule has 0 aliphatic rings. The van der Waals surface area contributed by atoms with Crippen LogP contribution in [0.15, 0.2) is 30.3 Å². The number of halogens is 3. The molecule has 1 heterocycles. The molecule has 17 heavy (non-hydrogen) atoms. The van der Waals surface area contributed by atoms with Crippen molar-refractivity contribution in [3.8, 4) is 0 Å². The molecule has 0 aliphatic carbocycles. The predicted molar refractivity (Wildman–Crippen MR) is 68.8 cm³/mol. The number of ketones is 1. The summed E-state index contributed by atoms with van der Waals surface area (Å²) in [7, 11) is 0. The van der Waals surface area contributed by atoms with E-state index in [0.717, 1.165) is 10.9 Å². The minimum atomic E-state index is -0.453. The number of benzene rings is 1. The highest BCUT2D eigenvalue weighted by molar-refractivity contribution is 7.16. The fourth-order valence-corrected chi connectivity index (χ4v) is 2.77. The lowest BCUT2D eigenvalue weighted by Crippen LogP contribution is -2.03. The summed E-state index contributed by atoms with van der Waals surface area (Å²) >= 11 is 12.9. The van der Waals surface area contributed by atoms with Gasteiger partial charge in [0.05, 0.1) is 9.36 Å². The molecule has 0 radical (unpaired) electrons. The van der Waals surface area contributed by atoms with Crippen LogP contribution < -0.4 is 0 Å². The van der Waals surface area contributed by atoms with Crippen LogP contribution in [0.25, 0.3) is 0 Å². The Labute approximate surface area is 112 Å². The minimum absolute atomic E-state index is 0.137. The van der Waals surface area contributed by atoms with Crippen molar-refractivity contribution < 1.29 is 9.18 Å². The molecule has 0 saturated carbocycles. The number of carbonyl (C=O) groups excluding carboxylic acids is 1. The first-order valence-electron chi connectivity index (χ1n) is 4.79. The number of Topliss-reactive ketones (excluding diaryl/α,β-unsaturated/α-hetero) is 1. The van der Waals surface area contributed by atoms with Gasteiger partial charge in [0.1, 0.15) is 5.82 Å². The Hall–Kier alpha value is -0.900. The quantitative estimate of drug-likeness (QED) is 0.753. The molecule has 0 fully saturated rings. The Bertz CT molecular complexity index is 565. The molecule has 0 bridgehead atoms. The van der Waals surface area contributed by atoms with Gasteiger partial charge in [-0.3, -0.25) is 4.79 Å². The van der Waals surface area contributed by atoms with Crippen LogP contribution >= 0.6 is 34.5 Å². The highest BCUT2D eigenvalue weighted by Gasteiger charge is 2.12. The smallest absolute Gasteiger partial charge is 0.169 e. The lowest BCUT2D eigenvalue weighted by Gasteiger charge is -2.02. The van der Waals surface area contributed by atoms with Crippen molar-refractivity contribution in [2.24, 2.45) is 0 Å². The molecular formula is C12H7Cl2FOS. The average Bonchev–Trinajstić information content (AvgIpc) is 2.63. The van der Waals surface area contributed by atoms with Gasteiger partial charge in [-0.05, 0) is 30.3 Å². The maximum atomic E-state index is 12.8. The number of rotatable bonds is 3. The molecule has 0 spiro atoms. The largest absolute Gasteiger partial charge is 0.294 e. The molecule has 2 aromatic rings. The maximum absolute atomic E-state index is 12.8. The zero-order chi connectivity index (χ0) is 12.4. The summed E-state index contributed by atoms with van der Waals surface area (Å²) in [4.78, 5) is 12.8.